The highest BCUT2D eigenvalue weighted by molar-refractivity contribution is 5.96. The fourth-order valence-electron chi connectivity index (χ4n) is 4.87. The molecule has 2 aromatic carbocycles. The number of aryl methyl sites for hydroxylation is 1. The second kappa shape index (κ2) is 12.2. The number of amides is 2. The van der Waals surface area contributed by atoms with Crippen molar-refractivity contribution in [3.8, 4) is 17.0 Å². The molecule has 10 nitrogen and oxygen atoms in total. The monoisotopic (exact) mass is 541 g/mol. The standard InChI is InChI=1S/C30H35N7O3/c1-21-19-23(8-11-25(21)30(39)32-12-4-5-27(38)36-17-15-35(2)16-18-36)34-28-29-33-20-26(37(29)14-13-31-28)22-6-9-24(40-3)10-7-22/h6-11,13-14,19-20H,4-5,12,15-18H2,1-3H3,(H,31,34)(H,32,39). The van der Waals surface area contributed by atoms with Crippen LogP contribution < -0.4 is 15.4 Å². The van der Waals surface area contributed by atoms with Gasteiger partial charge in [0.15, 0.2) is 11.5 Å². The number of carbonyl (C=O) groups is 2. The summed E-state index contributed by atoms with van der Waals surface area (Å²) in [6.07, 6.45) is 6.49. The zero-order valence-electron chi connectivity index (χ0n) is 23.2. The number of carbonyl (C=O) groups excluding carboxylic acids is 2. The predicted molar refractivity (Wildman–Crippen MR) is 155 cm³/mol. The average Bonchev–Trinajstić information content (AvgIpc) is 3.41. The van der Waals surface area contributed by atoms with Crippen LogP contribution in [0.2, 0.25) is 0 Å². The molecule has 4 aromatic rings. The van der Waals surface area contributed by atoms with E-state index in [4.69, 9.17) is 4.74 Å². The van der Waals surface area contributed by atoms with Gasteiger partial charge in [0.25, 0.3) is 5.91 Å². The maximum absolute atomic E-state index is 12.8. The van der Waals surface area contributed by atoms with Crippen LogP contribution in [0.5, 0.6) is 5.75 Å². The lowest BCUT2D eigenvalue weighted by Gasteiger charge is -2.32. The number of benzene rings is 2. The topological polar surface area (TPSA) is 104 Å². The first-order valence-electron chi connectivity index (χ1n) is 13.5. The summed E-state index contributed by atoms with van der Waals surface area (Å²) < 4.78 is 7.25. The van der Waals surface area contributed by atoms with Gasteiger partial charge in [-0.3, -0.25) is 14.0 Å². The Kier molecular flexibility index (Phi) is 8.26. The molecular formula is C30H35N7O3. The van der Waals surface area contributed by atoms with Crippen molar-refractivity contribution in [3.05, 3.63) is 72.2 Å². The van der Waals surface area contributed by atoms with E-state index >= 15 is 0 Å². The molecule has 0 spiro atoms. The largest absolute Gasteiger partial charge is 0.497 e. The highest BCUT2D eigenvalue weighted by Crippen LogP contribution is 2.27. The second-order valence-electron chi connectivity index (χ2n) is 10.0. The first kappa shape index (κ1) is 27.1. The number of aromatic nitrogens is 3. The Bertz CT molecular complexity index is 1490. The normalized spacial score (nSPS) is 13.8. The summed E-state index contributed by atoms with van der Waals surface area (Å²) in [6, 6.07) is 13.4. The van der Waals surface area contributed by atoms with E-state index in [1.54, 1.807) is 19.4 Å². The van der Waals surface area contributed by atoms with Gasteiger partial charge in [-0.25, -0.2) is 9.97 Å². The Labute approximate surface area is 234 Å². The molecule has 0 atom stereocenters. The first-order chi connectivity index (χ1) is 19.4. The molecular weight excluding hydrogens is 506 g/mol. The number of hydrogen-bond donors (Lipinski definition) is 2. The van der Waals surface area contributed by atoms with Crippen LogP contribution in [0.4, 0.5) is 11.5 Å². The highest BCUT2D eigenvalue weighted by Gasteiger charge is 2.19. The smallest absolute Gasteiger partial charge is 0.251 e. The van der Waals surface area contributed by atoms with Crippen molar-refractivity contribution in [2.24, 2.45) is 0 Å². The molecule has 2 amide bonds. The third-order valence-electron chi connectivity index (χ3n) is 7.26. The minimum Gasteiger partial charge on any atom is -0.497 e. The molecule has 1 saturated heterocycles. The van der Waals surface area contributed by atoms with Gasteiger partial charge in [0.2, 0.25) is 5.91 Å². The van der Waals surface area contributed by atoms with Crippen molar-refractivity contribution in [3.63, 3.8) is 0 Å². The van der Waals surface area contributed by atoms with Gasteiger partial charge in [0.05, 0.1) is 19.0 Å². The Balaban J connectivity index is 1.19. The lowest BCUT2D eigenvalue weighted by Crippen LogP contribution is -2.47. The van der Waals surface area contributed by atoms with E-state index in [1.165, 1.54) is 0 Å². The fourth-order valence-corrected chi connectivity index (χ4v) is 4.87. The summed E-state index contributed by atoms with van der Waals surface area (Å²) >= 11 is 0. The molecule has 0 unspecified atom stereocenters. The number of likely N-dealkylation sites (N-methyl/N-ethyl adjacent to an activating group) is 1. The van der Waals surface area contributed by atoms with Gasteiger partial charge in [-0.15, -0.1) is 0 Å². The number of hydrogen-bond acceptors (Lipinski definition) is 7. The van der Waals surface area contributed by atoms with Gasteiger partial charge in [0.1, 0.15) is 5.75 Å². The molecule has 0 aliphatic carbocycles. The van der Waals surface area contributed by atoms with E-state index in [0.717, 1.165) is 54.4 Å². The van der Waals surface area contributed by atoms with Gasteiger partial charge < -0.3 is 25.2 Å². The number of ether oxygens (including phenoxy) is 1. The van der Waals surface area contributed by atoms with Crippen molar-refractivity contribution in [2.75, 3.05) is 52.2 Å². The molecule has 208 valence electrons. The quantitative estimate of drug-likeness (QED) is 0.311. The molecule has 2 N–H and O–H groups in total. The Morgan fingerprint density at radius 1 is 1.02 bits per heavy atom. The van der Waals surface area contributed by atoms with Crippen LogP contribution in [0.25, 0.3) is 16.9 Å². The summed E-state index contributed by atoms with van der Waals surface area (Å²) in [6.45, 7) is 5.73. The molecule has 1 aliphatic heterocycles. The van der Waals surface area contributed by atoms with Crippen LogP contribution in [0.1, 0.15) is 28.8 Å². The maximum atomic E-state index is 12.8. The van der Waals surface area contributed by atoms with Gasteiger partial charge in [-0.1, -0.05) is 0 Å². The molecule has 0 bridgehead atoms. The number of anilines is 2. The average molecular weight is 542 g/mol. The molecule has 10 heteroatoms. The Morgan fingerprint density at radius 2 is 1.80 bits per heavy atom. The third kappa shape index (κ3) is 6.07. The van der Waals surface area contributed by atoms with Crippen molar-refractivity contribution in [2.45, 2.75) is 19.8 Å². The van der Waals surface area contributed by atoms with Crippen LogP contribution in [-0.2, 0) is 4.79 Å². The number of methoxy groups -OCH3 is 1. The summed E-state index contributed by atoms with van der Waals surface area (Å²) in [5.41, 5.74) is 4.90. The predicted octanol–water partition coefficient (Wildman–Crippen LogP) is 3.74. The molecule has 0 saturated carbocycles. The summed E-state index contributed by atoms with van der Waals surface area (Å²) in [4.78, 5) is 38.5. The number of rotatable bonds is 9. The number of nitrogens with one attached hydrogen (secondary N) is 2. The van der Waals surface area contributed by atoms with Crippen molar-refractivity contribution >= 4 is 29.0 Å². The van der Waals surface area contributed by atoms with E-state index in [1.807, 2.05) is 65.0 Å². The summed E-state index contributed by atoms with van der Waals surface area (Å²) in [5.74, 6) is 1.43. The van der Waals surface area contributed by atoms with Crippen LogP contribution in [0.15, 0.2) is 61.1 Å². The molecule has 40 heavy (non-hydrogen) atoms. The van der Waals surface area contributed by atoms with Crippen LogP contribution in [-0.4, -0.2) is 82.9 Å². The Hall–Kier alpha value is -4.44. The van der Waals surface area contributed by atoms with E-state index in [9.17, 15) is 9.59 Å². The molecule has 0 radical (unpaired) electrons. The zero-order valence-corrected chi connectivity index (χ0v) is 23.2. The van der Waals surface area contributed by atoms with Crippen molar-refractivity contribution in [1.29, 1.82) is 0 Å². The lowest BCUT2D eigenvalue weighted by molar-refractivity contribution is -0.132. The molecule has 1 aliphatic rings. The van der Waals surface area contributed by atoms with Gasteiger partial charge >= 0.3 is 0 Å². The molecule has 5 rings (SSSR count). The summed E-state index contributed by atoms with van der Waals surface area (Å²) in [5, 5.41) is 6.30. The van der Waals surface area contributed by atoms with Crippen LogP contribution in [0, 0.1) is 6.92 Å². The minimum atomic E-state index is -0.145. The zero-order chi connectivity index (χ0) is 28.1. The van der Waals surface area contributed by atoms with E-state index in [2.05, 4.69) is 32.5 Å². The van der Waals surface area contributed by atoms with E-state index in [-0.39, 0.29) is 11.8 Å². The number of piperazine rings is 1. The first-order valence-corrected chi connectivity index (χ1v) is 13.5. The van der Waals surface area contributed by atoms with Crippen LogP contribution in [0.3, 0.4) is 0 Å². The van der Waals surface area contributed by atoms with Crippen molar-refractivity contribution < 1.29 is 14.3 Å². The SMILES string of the molecule is COc1ccc(-c2cnc3c(Nc4ccc(C(=O)NCCCC(=O)N5CCN(C)CC5)c(C)c4)nccn23)cc1. The van der Waals surface area contributed by atoms with Gasteiger partial charge in [0, 0.05) is 68.4 Å². The van der Waals surface area contributed by atoms with E-state index in [0.29, 0.717) is 36.4 Å². The number of imidazole rings is 1. The van der Waals surface area contributed by atoms with Crippen molar-refractivity contribution in [1.82, 2.24) is 29.5 Å². The van der Waals surface area contributed by atoms with E-state index < -0.39 is 0 Å². The van der Waals surface area contributed by atoms with Crippen LogP contribution >= 0.6 is 0 Å². The molecule has 1 fully saturated rings. The fraction of sp³-hybridized carbons (Fsp3) is 0.333. The minimum absolute atomic E-state index is 0.145. The molecule has 3 heterocycles. The highest BCUT2D eigenvalue weighted by atomic mass is 16.5. The Morgan fingerprint density at radius 3 is 2.52 bits per heavy atom. The number of nitrogens with zero attached hydrogens (tertiary/aromatic N) is 5. The van der Waals surface area contributed by atoms with Gasteiger partial charge in [-0.2, -0.15) is 0 Å². The maximum Gasteiger partial charge on any atom is 0.251 e. The third-order valence-corrected chi connectivity index (χ3v) is 7.26. The second-order valence-corrected chi connectivity index (χ2v) is 10.0. The molecule has 2 aromatic heterocycles. The van der Waals surface area contributed by atoms with Gasteiger partial charge in [-0.05, 0) is 68.4 Å². The number of fused-ring (bicyclic) bond motifs is 1. The lowest BCUT2D eigenvalue weighted by atomic mass is 10.1. The summed E-state index contributed by atoms with van der Waals surface area (Å²) in [7, 11) is 3.71.